The third-order valence-electron chi connectivity index (χ3n) is 5.93. The molecular weight excluding hydrogens is 362 g/mol. The first-order chi connectivity index (χ1) is 14.4. The van der Waals surface area contributed by atoms with Crippen LogP contribution in [0.4, 0.5) is 11.8 Å². The van der Waals surface area contributed by atoms with Gasteiger partial charge in [0.1, 0.15) is 12.4 Å². The van der Waals surface area contributed by atoms with Crippen LogP contribution in [0, 0.1) is 0 Å². The number of anilines is 2. The van der Waals surface area contributed by atoms with Crippen LogP contribution in [0.5, 0.6) is 0 Å². The quantitative estimate of drug-likeness (QED) is 0.729. The Bertz CT molecular complexity index is 950. The average Bonchev–Trinajstić information content (AvgIpc) is 2.80. The molecule has 0 unspecified atom stereocenters. The van der Waals surface area contributed by atoms with Gasteiger partial charge in [-0.2, -0.15) is 4.98 Å². The summed E-state index contributed by atoms with van der Waals surface area (Å²) in [7, 11) is 0. The second kappa shape index (κ2) is 8.35. The van der Waals surface area contributed by atoms with Gasteiger partial charge in [-0.15, -0.1) is 0 Å². The van der Waals surface area contributed by atoms with Crippen LogP contribution in [0.3, 0.4) is 0 Å². The van der Waals surface area contributed by atoms with Crippen LogP contribution in [0.25, 0.3) is 10.9 Å². The number of hydrogen-bond donors (Lipinski definition) is 1. The molecule has 2 aliphatic rings. The molecule has 0 spiro atoms. The molecule has 6 heteroatoms. The van der Waals surface area contributed by atoms with E-state index in [-0.39, 0.29) is 0 Å². The Hall–Kier alpha value is -2.70. The van der Waals surface area contributed by atoms with Crippen molar-refractivity contribution in [2.75, 3.05) is 62.3 Å². The van der Waals surface area contributed by atoms with Gasteiger partial charge in [-0.25, -0.2) is 4.98 Å². The van der Waals surface area contributed by atoms with Gasteiger partial charge in [0.15, 0.2) is 0 Å². The van der Waals surface area contributed by atoms with Crippen molar-refractivity contribution < 1.29 is 9.64 Å². The van der Waals surface area contributed by atoms with Crippen molar-refractivity contribution in [3.05, 3.63) is 60.2 Å². The molecule has 2 fully saturated rings. The number of ether oxygens (including phenoxy) is 1. The molecule has 2 aromatic carbocycles. The molecule has 1 N–H and O–H groups in total. The summed E-state index contributed by atoms with van der Waals surface area (Å²) < 4.78 is 5.54. The lowest BCUT2D eigenvalue weighted by atomic mass is 10.2. The molecule has 3 heterocycles. The Kier molecular flexibility index (Phi) is 5.28. The van der Waals surface area contributed by atoms with Crippen molar-refractivity contribution in [3.8, 4) is 0 Å². The molecule has 29 heavy (non-hydrogen) atoms. The maximum atomic E-state index is 5.54. The second-order valence-electron chi connectivity index (χ2n) is 7.86. The van der Waals surface area contributed by atoms with Crippen molar-refractivity contribution in [1.29, 1.82) is 0 Å². The molecule has 0 amide bonds. The number of rotatable bonds is 4. The van der Waals surface area contributed by atoms with Crippen LogP contribution >= 0.6 is 0 Å². The van der Waals surface area contributed by atoms with Crippen LogP contribution in [-0.2, 0) is 11.3 Å². The summed E-state index contributed by atoms with van der Waals surface area (Å²) in [5.74, 6) is 1.91. The molecular formula is C23H28N5O+. The molecule has 0 aliphatic carbocycles. The van der Waals surface area contributed by atoms with E-state index >= 15 is 0 Å². The zero-order valence-corrected chi connectivity index (χ0v) is 16.8. The van der Waals surface area contributed by atoms with Gasteiger partial charge >= 0.3 is 0 Å². The monoisotopic (exact) mass is 390 g/mol. The number of aromatic nitrogens is 2. The summed E-state index contributed by atoms with van der Waals surface area (Å²) in [6.45, 7) is 8.57. The Labute approximate surface area is 171 Å². The molecule has 3 aromatic rings. The molecule has 2 saturated heterocycles. The summed E-state index contributed by atoms with van der Waals surface area (Å²) in [5.41, 5.74) is 2.44. The van der Waals surface area contributed by atoms with Gasteiger partial charge < -0.3 is 19.4 Å². The predicted molar refractivity (Wildman–Crippen MR) is 116 cm³/mol. The zero-order valence-electron chi connectivity index (χ0n) is 16.8. The van der Waals surface area contributed by atoms with Gasteiger partial charge in [0.2, 0.25) is 5.95 Å². The van der Waals surface area contributed by atoms with Crippen LogP contribution in [-0.4, -0.2) is 62.5 Å². The van der Waals surface area contributed by atoms with Crippen molar-refractivity contribution >= 4 is 22.7 Å². The average molecular weight is 391 g/mol. The molecule has 0 saturated carbocycles. The van der Waals surface area contributed by atoms with E-state index in [1.54, 1.807) is 4.90 Å². The minimum atomic E-state index is 0.759. The SMILES string of the molecule is c1ccc(C[NH+]2CCN(c3nc(N4CCOCC4)c4ccccc4n3)CC2)cc1. The van der Waals surface area contributed by atoms with Crippen LogP contribution in [0.2, 0.25) is 0 Å². The van der Waals surface area contributed by atoms with Crippen molar-refractivity contribution in [2.24, 2.45) is 0 Å². The number of quaternary nitrogens is 1. The highest BCUT2D eigenvalue weighted by molar-refractivity contribution is 5.90. The van der Waals surface area contributed by atoms with E-state index in [2.05, 4.69) is 64.4 Å². The molecule has 0 atom stereocenters. The number of morpholine rings is 1. The Balaban J connectivity index is 1.35. The van der Waals surface area contributed by atoms with Crippen LogP contribution < -0.4 is 14.7 Å². The van der Waals surface area contributed by atoms with Gasteiger partial charge in [-0.1, -0.05) is 42.5 Å². The van der Waals surface area contributed by atoms with Gasteiger partial charge in [0, 0.05) is 24.0 Å². The van der Waals surface area contributed by atoms with Gasteiger partial charge in [0.05, 0.1) is 44.9 Å². The minimum Gasteiger partial charge on any atom is -0.378 e. The van der Waals surface area contributed by atoms with Crippen molar-refractivity contribution in [3.63, 3.8) is 0 Å². The fraction of sp³-hybridized carbons (Fsp3) is 0.391. The summed E-state index contributed by atoms with van der Waals surface area (Å²) in [4.78, 5) is 16.3. The van der Waals surface area contributed by atoms with Gasteiger partial charge in [-0.3, -0.25) is 0 Å². The fourth-order valence-corrected chi connectivity index (χ4v) is 4.29. The summed E-state index contributed by atoms with van der Waals surface area (Å²) in [6.07, 6.45) is 0. The highest BCUT2D eigenvalue weighted by Gasteiger charge is 2.24. The van der Waals surface area contributed by atoms with Gasteiger partial charge in [-0.05, 0) is 12.1 Å². The first-order valence-corrected chi connectivity index (χ1v) is 10.6. The number of benzene rings is 2. The maximum absolute atomic E-state index is 5.54. The molecule has 0 bridgehead atoms. The third-order valence-corrected chi connectivity index (χ3v) is 5.93. The van der Waals surface area contributed by atoms with E-state index in [0.29, 0.717) is 0 Å². The fourth-order valence-electron chi connectivity index (χ4n) is 4.29. The summed E-state index contributed by atoms with van der Waals surface area (Å²) in [6, 6.07) is 19.1. The topological polar surface area (TPSA) is 45.9 Å². The van der Waals surface area contributed by atoms with E-state index in [0.717, 1.165) is 81.7 Å². The molecule has 0 radical (unpaired) electrons. The predicted octanol–water partition coefficient (Wildman–Crippen LogP) is 1.37. The first kappa shape index (κ1) is 18.3. The van der Waals surface area contributed by atoms with Gasteiger partial charge in [0.25, 0.3) is 0 Å². The van der Waals surface area contributed by atoms with E-state index in [1.165, 1.54) is 5.56 Å². The second-order valence-corrected chi connectivity index (χ2v) is 7.86. The molecule has 6 nitrogen and oxygen atoms in total. The standard InChI is InChI=1S/C23H27N5O/c1-2-6-19(7-3-1)18-26-10-12-28(13-11-26)23-24-21-9-5-4-8-20(21)22(25-23)27-14-16-29-17-15-27/h1-9H,10-18H2/p+1. The van der Waals surface area contributed by atoms with Crippen molar-refractivity contribution in [1.82, 2.24) is 9.97 Å². The highest BCUT2D eigenvalue weighted by atomic mass is 16.5. The number of piperazine rings is 1. The lowest BCUT2D eigenvalue weighted by Gasteiger charge is -2.34. The number of para-hydroxylation sites is 1. The first-order valence-electron chi connectivity index (χ1n) is 10.6. The normalized spacial score (nSPS) is 18.3. The number of hydrogen-bond acceptors (Lipinski definition) is 5. The zero-order chi connectivity index (χ0) is 19.5. The molecule has 5 rings (SSSR count). The minimum absolute atomic E-state index is 0.759. The van der Waals surface area contributed by atoms with Crippen LogP contribution in [0.15, 0.2) is 54.6 Å². The summed E-state index contributed by atoms with van der Waals surface area (Å²) >= 11 is 0. The number of fused-ring (bicyclic) bond motifs is 1. The lowest BCUT2D eigenvalue weighted by molar-refractivity contribution is -0.914. The van der Waals surface area contributed by atoms with E-state index in [9.17, 15) is 0 Å². The largest absolute Gasteiger partial charge is 0.378 e. The van der Waals surface area contributed by atoms with E-state index in [1.807, 2.05) is 0 Å². The van der Waals surface area contributed by atoms with Crippen molar-refractivity contribution in [2.45, 2.75) is 6.54 Å². The summed E-state index contributed by atoms with van der Waals surface area (Å²) in [5, 5.41) is 1.13. The Morgan fingerprint density at radius 2 is 1.52 bits per heavy atom. The lowest BCUT2D eigenvalue weighted by Crippen LogP contribution is -3.13. The molecule has 2 aliphatic heterocycles. The Morgan fingerprint density at radius 1 is 0.793 bits per heavy atom. The Morgan fingerprint density at radius 3 is 2.31 bits per heavy atom. The highest BCUT2D eigenvalue weighted by Crippen LogP contribution is 2.27. The van der Waals surface area contributed by atoms with Crippen LogP contribution in [0.1, 0.15) is 5.56 Å². The van der Waals surface area contributed by atoms with E-state index < -0.39 is 0 Å². The smallest absolute Gasteiger partial charge is 0.228 e. The number of nitrogens with one attached hydrogen (secondary N) is 1. The van der Waals surface area contributed by atoms with E-state index in [4.69, 9.17) is 14.7 Å². The molecule has 150 valence electrons. The maximum Gasteiger partial charge on any atom is 0.228 e. The molecule has 1 aromatic heterocycles. The third kappa shape index (κ3) is 4.04. The number of nitrogens with zero attached hydrogens (tertiary/aromatic N) is 4.